The minimum atomic E-state index is 0.228. The van der Waals surface area contributed by atoms with Crippen LogP contribution in [0.15, 0.2) is 12.3 Å². The SMILES string of the molecule is O=C1C[C@H]2SC(CCl)C=CN12. The van der Waals surface area contributed by atoms with Crippen molar-refractivity contribution in [1.29, 1.82) is 0 Å². The van der Waals surface area contributed by atoms with E-state index in [9.17, 15) is 4.79 Å². The number of alkyl halides is 1. The van der Waals surface area contributed by atoms with Gasteiger partial charge in [-0.15, -0.1) is 23.4 Å². The summed E-state index contributed by atoms with van der Waals surface area (Å²) >= 11 is 7.45. The molecule has 60 valence electrons. The first-order valence-electron chi connectivity index (χ1n) is 3.52. The van der Waals surface area contributed by atoms with Gasteiger partial charge in [-0.2, -0.15) is 0 Å². The maximum atomic E-state index is 10.9. The van der Waals surface area contributed by atoms with Crippen LogP contribution in [0.4, 0.5) is 0 Å². The predicted molar refractivity (Wildman–Crippen MR) is 46.5 cm³/mol. The van der Waals surface area contributed by atoms with Crippen LogP contribution in [-0.2, 0) is 4.79 Å². The van der Waals surface area contributed by atoms with Crippen molar-refractivity contribution in [3.8, 4) is 0 Å². The lowest BCUT2D eigenvalue weighted by atomic mass is 10.2. The molecule has 11 heavy (non-hydrogen) atoms. The topological polar surface area (TPSA) is 20.3 Å². The summed E-state index contributed by atoms with van der Waals surface area (Å²) in [5.41, 5.74) is 0. The Balaban J connectivity index is 2.06. The monoisotopic (exact) mass is 189 g/mol. The fourth-order valence-electron chi connectivity index (χ4n) is 1.22. The molecule has 1 saturated heterocycles. The molecule has 1 fully saturated rings. The highest BCUT2D eigenvalue weighted by atomic mass is 35.5. The smallest absolute Gasteiger partial charge is 0.230 e. The Morgan fingerprint density at radius 2 is 2.64 bits per heavy atom. The van der Waals surface area contributed by atoms with Gasteiger partial charge in [0.1, 0.15) is 0 Å². The molecule has 2 nitrogen and oxygen atoms in total. The predicted octanol–water partition coefficient (Wildman–Crippen LogP) is 1.41. The number of fused-ring (bicyclic) bond motifs is 1. The van der Waals surface area contributed by atoms with Crippen molar-refractivity contribution in [2.45, 2.75) is 17.0 Å². The minimum absolute atomic E-state index is 0.228. The maximum absolute atomic E-state index is 10.9. The molecule has 0 N–H and O–H groups in total. The number of rotatable bonds is 1. The highest BCUT2D eigenvalue weighted by Crippen LogP contribution is 2.36. The summed E-state index contributed by atoms with van der Waals surface area (Å²) in [5.74, 6) is 0.867. The molecule has 0 aromatic carbocycles. The first-order chi connectivity index (χ1) is 5.31. The summed E-state index contributed by atoms with van der Waals surface area (Å²) < 4.78 is 0. The zero-order chi connectivity index (χ0) is 7.84. The first-order valence-corrected chi connectivity index (χ1v) is 5.00. The van der Waals surface area contributed by atoms with Crippen LogP contribution in [0.3, 0.4) is 0 Å². The summed E-state index contributed by atoms with van der Waals surface area (Å²) in [6.45, 7) is 0. The highest BCUT2D eigenvalue weighted by molar-refractivity contribution is 8.00. The van der Waals surface area contributed by atoms with Crippen LogP contribution in [0, 0.1) is 0 Å². The molecule has 0 bridgehead atoms. The van der Waals surface area contributed by atoms with Gasteiger partial charge in [0.2, 0.25) is 5.91 Å². The number of β-lactam (4-membered cyclic amide) rings is 1. The van der Waals surface area contributed by atoms with Crippen molar-refractivity contribution in [2.24, 2.45) is 0 Å². The van der Waals surface area contributed by atoms with E-state index in [1.54, 1.807) is 16.7 Å². The Kier molecular flexibility index (Phi) is 1.85. The molecule has 2 atom stereocenters. The molecule has 2 rings (SSSR count). The zero-order valence-corrected chi connectivity index (χ0v) is 7.44. The zero-order valence-electron chi connectivity index (χ0n) is 5.87. The van der Waals surface area contributed by atoms with Gasteiger partial charge in [0.05, 0.1) is 11.8 Å². The van der Waals surface area contributed by atoms with E-state index in [0.29, 0.717) is 22.9 Å². The third-order valence-electron chi connectivity index (χ3n) is 1.89. The summed E-state index contributed by atoms with van der Waals surface area (Å²) in [6, 6.07) is 0. The van der Waals surface area contributed by atoms with Crippen molar-refractivity contribution in [3.63, 3.8) is 0 Å². The number of hydrogen-bond acceptors (Lipinski definition) is 2. The maximum Gasteiger partial charge on any atom is 0.230 e. The largest absolute Gasteiger partial charge is 0.306 e. The van der Waals surface area contributed by atoms with Gasteiger partial charge >= 0.3 is 0 Å². The van der Waals surface area contributed by atoms with E-state index in [4.69, 9.17) is 11.6 Å². The Labute approximate surface area is 74.6 Å². The normalized spacial score (nSPS) is 35.0. The average Bonchev–Trinajstić information content (AvgIpc) is 2.02. The second-order valence-corrected chi connectivity index (χ2v) is 4.36. The van der Waals surface area contributed by atoms with Gasteiger partial charge < -0.3 is 4.90 Å². The Morgan fingerprint density at radius 1 is 1.82 bits per heavy atom. The molecule has 0 radical (unpaired) electrons. The Hall–Kier alpha value is -0.150. The molecule has 0 saturated carbocycles. The van der Waals surface area contributed by atoms with Crippen LogP contribution in [0.5, 0.6) is 0 Å². The first kappa shape index (κ1) is 7.50. The quantitative estimate of drug-likeness (QED) is 0.459. The second-order valence-electron chi connectivity index (χ2n) is 2.63. The molecular formula is C7H8ClNOS. The van der Waals surface area contributed by atoms with Gasteiger partial charge in [-0.3, -0.25) is 4.79 Å². The molecular weight excluding hydrogens is 182 g/mol. The van der Waals surface area contributed by atoms with Crippen LogP contribution >= 0.6 is 23.4 Å². The average molecular weight is 190 g/mol. The number of carbonyl (C=O) groups excluding carboxylic acids is 1. The van der Waals surface area contributed by atoms with Gasteiger partial charge in [-0.05, 0) is 0 Å². The van der Waals surface area contributed by atoms with Crippen LogP contribution in [0.25, 0.3) is 0 Å². The minimum Gasteiger partial charge on any atom is -0.306 e. The molecule has 0 aliphatic carbocycles. The van der Waals surface area contributed by atoms with Crippen molar-refractivity contribution in [1.82, 2.24) is 4.90 Å². The van der Waals surface area contributed by atoms with E-state index in [0.717, 1.165) is 0 Å². The van der Waals surface area contributed by atoms with E-state index < -0.39 is 0 Å². The van der Waals surface area contributed by atoms with E-state index in [-0.39, 0.29) is 5.91 Å². The summed E-state index contributed by atoms with van der Waals surface area (Å²) in [7, 11) is 0. The molecule has 2 heterocycles. The second kappa shape index (κ2) is 2.72. The van der Waals surface area contributed by atoms with Crippen molar-refractivity contribution in [3.05, 3.63) is 12.3 Å². The molecule has 2 aliphatic rings. The lowest BCUT2D eigenvalue weighted by Gasteiger charge is -2.41. The van der Waals surface area contributed by atoms with Crippen molar-refractivity contribution >= 4 is 29.3 Å². The lowest BCUT2D eigenvalue weighted by molar-refractivity contribution is -0.137. The van der Waals surface area contributed by atoms with Crippen LogP contribution in [0.1, 0.15) is 6.42 Å². The number of amides is 1. The summed E-state index contributed by atoms with van der Waals surface area (Å²) in [6.07, 6.45) is 4.54. The summed E-state index contributed by atoms with van der Waals surface area (Å²) in [4.78, 5) is 12.7. The Bertz CT molecular complexity index is 218. The van der Waals surface area contributed by atoms with Crippen LogP contribution in [0.2, 0.25) is 0 Å². The van der Waals surface area contributed by atoms with Gasteiger partial charge in [-0.25, -0.2) is 0 Å². The van der Waals surface area contributed by atoms with Gasteiger partial charge in [0.15, 0.2) is 0 Å². The molecule has 0 aromatic rings. The standard InChI is InChI=1S/C7H8ClNOS/c8-4-5-1-2-9-6(10)3-7(9)11-5/h1-2,5,7H,3-4H2/t5?,7-/m1/s1. The molecule has 0 spiro atoms. The van der Waals surface area contributed by atoms with Crippen LogP contribution < -0.4 is 0 Å². The summed E-state index contributed by atoms with van der Waals surface area (Å²) in [5, 5.41) is 0.766. The molecule has 1 unspecified atom stereocenters. The van der Waals surface area contributed by atoms with E-state index in [1.165, 1.54) is 0 Å². The van der Waals surface area contributed by atoms with Gasteiger partial charge in [0.25, 0.3) is 0 Å². The number of halogens is 1. The van der Waals surface area contributed by atoms with E-state index in [1.807, 2.05) is 12.3 Å². The Morgan fingerprint density at radius 3 is 3.18 bits per heavy atom. The third kappa shape index (κ3) is 1.16. The van der Waals surface area contributed by atoms with Gasteiger partial charge in [0, 0.05) is 17.3 Å². The van der Waals surface area contributed by atoms with Crippen molar-refractivity contribution < 1.29 is 4.79 Å². The van der Waals surface area contributed by atoms with Gasteiger partial charge in [-0.1, -0.05) is 6.08 Å². The number of hydrogen-bond donors (Lipinski definition) is 0. The van der Waals surface area contributed by atoms with E-state index in [2.05, 4.69) is 0 Å². The van der Waals surface area contributed by atoms with Crippen LogP contribution in [-0.4, -0.2) is 27.3 Å². The third-order valence-corrected chi connectivity index (χ3v) is 3.79. The fourth-order valence-corrected chi connectivity index (χ4v) is 2.73. The molecule has 1 amide bonds. The highest BCUT2D eigenvalue weighted by Gasteiger charge is 2.38. The number of nitrogens with zero attached hydrogens (tertiary/aromatic N) is 1. The fraction of sp³-hybridized carbons (Fsp3) is 0.571. The number of carbonyl (C=O) groups is 1. The lowest BCUT2D eigenvalue weighted by Crippen LogP contribution is -2.49. The number of thioether (sulfide) groups is 1. The molecule has 2 aliphatic heterocycles. The van der Waals surface area contributed by atoms with E-state index >= 15 is 0 Å². The molecule has 4 heteroatoms. The molecule has 0 aromatic heterocycles. The van der Waals surface area contributed by atoms with Crippen molar-refractivity contribution in [2.75, 3.05) is 5.88 Å².